The third-order valence-corrected chi connectivity index (χ3v) is 4.44. The fourth-order valence-electron chi connectivity index (χ4n) is 3.00. The Kier molecular flexibility index (Phi) is 9.21. The minimum atomic E-state index is -0.811. The predicted octanol–water partition coefficient (Wildman–Crippen LogP) is 6.28. The van der Waals surface area contributed by atoms with E-state index in [9.17, 15) is 9.90 Å². The third-order valence-electron chi connectivity index (χ3n) is 4.44. The molecule has 0 radical (unpaired) electrons. The van der Waals surface area contributed by atoms with Crippen molar-refractivity contribution in [3.05, 3.63) is 47.5 Å². The van der Waals surface area contributed by atoms with Gasteiger partial charge in [0.25, 0.3) is 0 Å². The number of amides is 1. The molecule has 2 atom stereocenters. The lowest BCUT2D eigenvalue weighted by Gasteiger charge is -2.30. The van der Waals surface area contributed by atoms with Crippen molar-refractivity contribution in [1.29, 1.82) is 0 Å². The van der Waals surface area contributed by atoms with Gasteiger partial charge >= 0.3 is 6.09 Å². The first-order valence-corrected chi connectivity index (χ1v) is 9.13. The van der Waals surface area contributed by atoms with Crippen molar-refractivity contribution in [3.8, 4) is 0 Å². The van der Waals surface area contributed by atoms with Gasteiger partial charge in [-0.3, -0.25) is 0 Å². The zero-order chi connectivity index (χ0) is 17.9. The molecular weight excluding hydrogens is 298 g/mol. The molecule has 1 N–H and O–H groups in total. The number of rotatable bonds is 10. The van der Waals surface area contributed by atoms with Crippen LogP contribution in [0.3, 0.4) is 0 Å². The van der Waals surface area contributed by atoms with E-state index in [0.717, 1.165) is 37.7 Å². The van der Waals surface area contributed by atoms with Crippen molar-refractivity contribution in [2.45, 2.75) is 65.8 Å². The van der Waals surface area contributed by atoms with Crippen LogP contribution in [0.15, 0.2) is 42.0 Å². The number of carbonyl (C=O) groups is 1. The molecule has 3 nitrogen and oxygen atoms in total. The van der Waals surface area contributed by atoms with Gasteiger partial charge in [-0.15, -0.1) is 0 Å². The minimum absolute atomic E-state index is 0.0429. The quantitative estimate of drug-likeness (QED) is 0.512. The maximum Gasteiger partial charge on any atom is 0.407 e. The van der Waals surface area contributed by atoms with Gasteiger partial charge in [-0.05, 0) is 51.0 Å². The average Bonchev–Trinajstić information content (AvgIpc) is 2.54. The lowest BCUT2D eigenvalue weighted by Crippen LogP contribution is -2.35. The van der Waals surface area contributed by atoms with Crippen LogP contribution in [0, 0.1) is 5.92 Å². The van der Waals surface area contributed by atoms with E-state index in [1.165, 1.54) is 5.57 Å². The summed E-state index contributed by atoms with van der Waals surface area (Å²) in [5.41, 5.74) is 2.44. The number of allylic oxidation sites excluding steroid dienone is 2. The number of hydrogen-bond donors (Lipinski definition) is 1. The molecule has 0 saturated carbocycles. The highest BCUT2D eigenvalue weighted by Crippen LogP contribution is 2.27. The molecule has 134 valence electrons. The van der Waals surface area contributed by atoms with Crippen molar-refractivity contribution >= 4 is 6.09 Å². The first-order valence-electron chi connectivity index (χ1n) is 9.13. The Balaban J connectivity index is 2.70. The summed E-state index contributed by atoms with van der Waals surface area (Å²) in [7, 11) is 0. The fraction of sp³-hybridized carbons (Fsp3) is 0.571. The summed E-state index contributed by atoms with van der Waals surface area (Å²) in [6.07, 6.45) is 6.39. The summed E-state index contributed by atoms with van der Waals surface area (Å²) in [6, 6.07) is 9.98. The standard InChI is InChI=1S/C21H33NO2/c1-5-10-20(19-13-7-6-8-14-19)22(21(23)24)16-15-18(4)12-9-11-17(2)3/h6-8,11,13-14,18,20H,5,9-10,12,15-16H2,1-4H3,(H,23,24)/t18-,20-/m0/s1. The summed E-state index contributed by atoms with van der Waals surface area (Å²) >= 11 is 0. The number of nitrogens with zero attached hydrogens (tertiary/aromatic N) is 1. The number of hydrogen-bond acceptors (Lipinski definition) is 1. The Morgan fingerprint density at radius 1 is 1.17 bits per heavy atom. The average molecular weight is 332 g/mol. The van der Waals surface area contributed by atoms with Crippen LogP contribution in [-0.4, -0.2) is 22.6 Å². The molecule has 1 rings (SSSR count). The van der Waals surface area contributed by atoms with Gasteiger partial charge in [-0.2, -0.15) is 0 Å². The van der Waals surface area contributed by atoms with Crippen LogP contribution in [-0.2, 0) is 0 Å². The summed E-state index contributed by atoms with van der Waals surface area (Å²) < 4.78 is 0. The molecular formula is C21H33NO2. The van der Waals surface area contributed by atoms with E-state index in [1.807, 2.05) is 30.3 Å². The molecule has 0 saturated heterocycles. The summed E-state index contributed by atoms with van der Waals surface area (Å²) in [6.45, 7) is 9.16. The maximum atomic E-state index is 11.8. The van der Waals surface area contributed by atoms with E-state index < -0.39 is 6.09 Å². The van der Waals surface area contributed by atoms with Gasteiger partial charge in [0.05, 0.1) is 6.04 Å². The Bertz CT molecular complexity index is 506. The van der Waals surface area contributed by atoms with Crippen LogP contribution in [0.2, 0.25) is 0 Å². The molecule has 0 aromatic heterocycles. The van der Waals surface area contributed by atoms with Crippen molar-refractivity contribution < 1.29 is 9.90 Å². The van der Waals surface area contributed by atoms with Crippen molar-refractivity contribution in [2.75, 3.05) is 6.54 Å². The number of benzene rings is 1. The molecule has 0 fully saturated rings. The van der Waals surface area contributed by atoms with Crippen LogP contribution < -0.4 is 0 Å². The molecule has 0 aliphatic carbocycles. The minimum Gasteiger partial charge on any atom is -0.465 e. The van der Waals surface area contributed by atoms with Crippen LogP contribution in [0.25, 0.3) is 0 Å². The SMILES string of the molecule is CCC[C@@H](c1ccccc1)N(CC[C@@H](C)CCC=C(C)C)C(=O)O. The van der Waals surface area contributed by atoms with E-state index in [2.05, 4.69) is 33.8 Å². The third kappa shape index (κ3) is 7.20. The van der Waals surface area contributed by atoms with Gasteiger partial charge in [0.15, 0.2) is 0 Å². The zero-order valence-electron chi connectivity index (χ0n) is 15.7. The molecule has 1 aromatic rings. The normalized spacial score (nSPS) is 13.2. The van der Waals surface area contributed by atoms with E-state index in [1.54, 1.807) is 4.90 Å². The fourth-order valence-corrected chi connectivity index (χ4v) is 3.00. The second kappa shape index (κ2) is 10.9. The predicted molar refractivity (Wildman–Crippen MR) is 101 cm³/mol. The second-order valence-corrected chi connectivity index (χ2v) is 6.94. The van der Waals surface area contributed by atoms with Crippen LogP contribution in [0.5, 0.6) is 0 Å². The Labute approximate surface area is 147 Å². The highest BCUT2D eigenvalue weighted by molar-refractivity contribution is 5.65. The second-order valence-electron chi connectivity index (χ2n) is 6.94. The van der Waals surface area contributed by atoms with Crippen molar-refractivity contribution in [3.63, 3.8) is 0 Å². The summed E-state index contributed by atoms with van der Waals surface area (Å²) in [5, 5.41) is 9.71. The topological polar surface area (TPSA) is 40.5 Å². The highest BCUT2D eigenvalue weighted by atomic mass is 16.4. The molecule has 0 heterocycles. The Hall–Kier alpha value is -1.77. The van der Waals surface area contributed by atoms with Gasteiger partial charge in [-0.25, -0.2) is 4.79 Å². The van der Waals surface area contributed by atoms with Crippen LogP contribution >= 0.6 is 0 Å². The lowest BCUT2D eigenvalue weighted by atomic mass is 9.97. The number of carboxylic acid groups (broad SMARTS) is 1. The Morgan fingerprint density at radius 2 is 1.83 bits per heavy atom. The largest absolute Gasteiger partial charge is 0.465 e. The molecule has 0 bridgehead atoms. The molecule has 0 aliphatic heterocycles. The molecule has 1 amide bonds. The van der Waals surface area contributed by atoms with E-state index in [-0.39, 0.29) is 6.04 Å². The molecule has 0 spiro atoms. The van der Waals surface area contributed by atoms with Crippen molar-refractivity contribution in [1.82, 2.24) is 4.90 Å². The zero-order valence-corrected chi connectivity index (χ0v) is 15.7. The van der Waals surface area contributed by atoms with Gasteiger partial charge in [0.1, 0.15) is 0 Å². The van der Waals surface area contributed by atoms with Gasteiger partial charge in [-0.1, -0.05) is 62.2 Å². The van der Waals surface area contributed by atoms with Crippen LogP contribution in [0.4, 0.5) is 4.79 Å². The summed E-state index contributed by atoms with van der Waals surface area (Å²) in [5.74, 6) is 0.528. The molecule has 24 heavy (non-hydrogen) atoms. The van der Waals surface area contributed by atoms with E-state index in [0.29, 0.717) is 12.5 Å². The highest BCUT2D eigenvalue weighted by Gasteiger charge is 2.24. The monoisotopic (exact) mass is 331 g/mol. The smallest absolute Gasteiger partial charge is 0.407 e. The van der Waals surface area contributed by atoms with Crippen molar-refractivity contribution in [2.24, 2.45) is 5.92 Å². The van der Waals surface area contributed by atoms with Crippen LogP contribution in [0.1, 0.15) is 71.4 Å². The molecule has 3 heteroatoms. The summed E-state index contributed by atoms with van der Waals surface area (Å²) in [4.78, 5) is 13.5. The van der Waals surface area contributed by atoms with E-state index in [4.69, 9.17) is 0 Å². The van der Waals surface area contributed by atoms with Gasteiger partial charge in [0.2, 0.25) is 0 Å². The first-order chi connectivity index (χ1) is 11.5. The molecule has 0 unspecified atom stereocenters. The van der Waals surface area contributed by atoms with E-state index >= 15 is 0 Å². The Morgan fingerprint density at radius 3 is 2.38 bits per heavy atom. The molecule has 0 aliphatic rings. The first kappa shape index (κ1) is 20.3. The lowest BCUT2D eigenvalue weighted by molar-refractivity contribution is 0.117. The van der Waals surface area contributed by atoms with Gasteiger partial charge in [0, 0.05) is 6.54 Å². The van der Waals surface area contributed by atoms with Gasteiger partial charge < -0.3 is 10.0 Å². The maximum absolute atomic E-state index is 11.8. The molecule has 1 aromatic carbocycles.